The van der Waals surface area contributed by atoms with Gasteiger partial charge in [0.1, 0.15) is 0 Å². The SMILES string of the molecule is C.CC(N)CO[SiH](C)OCCN. The van der Waals surface area contributed by atoms with Crippen molar-refractivity contribution in [2.24, 2.45) is 11.5 Å². The number of hydrogen-bond acceptors (Lipinski definition) is 4. The van der Waals surface area contributed by atoms with E-state index >= 15 is 0 Å². The molecule has 2 atom stereocenters. The van der Waals surface area contributed by atoms with Crippen molar-refractivity contribution in [1.29, 1.82) is 0 Å². The van der Waals surface area contributed by atoms with Crippen molar-refractivity contribution in [3.8, 4) is 0 Å². The molecule has 2 unspecified atom stereocenters. The van der Waals surface area contributed by atoms with Gasteiger partial charge in [0.25, 0.3) is 0 Å². The standard InChI is InChI=1S/C6H18N2O2Si.CH4/c1-6(8)5-10-11(2)9-4-3-7;/h6,11H,3-5,7-8H2,1-2H3;1H4. The van der Waals surface area contributed by atoms with Gasteiger partial charge in [0.2, 0.25) is 0 Å². The van der Waals surface area contributed by atoms with E-state index in [1.807, 2.05) is 13.5 Å². The van der Waals surface area contributed by atoms with E-state index in [4.69, 9.17) is 20.3 Å². The highest BCUT2D eigenvalue weighted by Gasteiger charge is 2.05. The summed E-state index contributed by atoms with van der Waals surface area (Å²) in [7, 11) is -1.44. The smallest absolute Gasteiger partial charge is 0.318 e. The zero-order chi connectivity index (χ0) is 8.69. The Balaban J connectivity index is 0. The molecule has 4 N–H and O–H groups in total. The molecule has 0 heterocycles. The Morgan fingerprint density at radius 3 is 2.42 bits per heavy atom. The fourth-order valence-electron chi connectivity index (χ4n) is 0.569. The predicted octanol–water partition coefficient (Wildman–Crippen LogP) is -0.188. The highest BCUT2D eigenvalue weighted by molar-refractivity contribution is 6.42. The molecule has 0 aliphatic heterocycles. The largest absolute Gasteiger partial charge is 0.395 e. The van der Waals surface area contributed by atoms with Crippen molar-refractivity contribution in [2.75, 3.05) is 19.8 Å². The second kappa shape index (κ2) is 9.15. The first-order valence-corrected chi connectivity index (χ1v) is 5.95. The molecule has 0 aliphatic carbocycles. The summed E-state index contributed by atoms with van der Waals surface area (Å²) in [6.07, 6.45) is 0. The lowest BCUT2D eigenvalue weighted by Crippen LogP contribution is -2.29. The molecule has 4 nitrogen and oxygen atoms in total. The molecule has 0 aromatic rings. The molecule has 0 saturated heterocycles. The maximum Gasteiger partial charge on any atom is 0.318 e. The monoisotopic (exact) mass is 194 g/mol. The molecule has 5 heteroatoms. The highest BCUT2D eigenvalue weighted by Crippen LogP contribution is 1.89. The Hall–Kier alpha value is 0.0569. The average Bonchev–Trinajstić information content (AvgIpc) is 1.97. The molecule has 76 valence electrons. The van der Waals surface area contributed by atoms with Gasteiger partial charge in [-0.2, -0.15) is 0 Å². The summed E-state index contributed by atoms with van der Waals surface area (Å²) in [6.45, 7) is 5.60. The van der Waals surface area contributed by atoms with Gasteiger partial charge < -0.3 is 20.3 Å². The Bertz CT molecular complexity index is 93.5. The van der Waals surface area contributed by atoms with E-state index in [0.29, 0.717) is 19.8 Å². The van der Waals surface area contributed by atoms with Gasteiger partial charge in [-0.05, 0) is 13.5 Å². The number of hydrogen-bond donors (Lipinski definition) is 2. The maximum atomic E-state index is 5.49. The Labute approximate surface area is 77.1 Å². The minimum absolute atomic E-state index is 0. The fraction of sp³-hybridized carbons (Fsp3) is 1.00. The molecule has 0 rings (SSSR count). The molecule has 0 bridgehead atoms. The lowest BCUT2D eigenvalue weighted by molar-refractivity contribution is 0.198. The minimum atomic E-state index is -1.44. The van der Waals surface area contributed by atoms with Crippen LogP contribution in [0.1, 0.15) is 14.4 Å². The number of rotatable bonds is 6. The van der Waals surface area contributed by atoms with Gasteiger partial charge in [-0.25, -0.2) is 0 Å². The highest BCUT2D eigenvalue weighted by atomic mass is 28.3. The van der Waals surface area contributed by atoms with Crippen LogP contribution >= 0.6 is 0 Å². The molecule has 0 amide bonds. The van der Waals surface area contributed by atoms with Crippen LogP contribution in [-0.2, 0) is 8.85 Å². The summed E-state index contributed by atoms with van der Waals surface area (Å²) in [4.78, 5) is 0. The fourth-order valence-corrected chi connectivity index (χ4v) is 1.71. The first-order valence-electron chi connectivity index (χ1n) is 3.85. The molecular weight excluding hydrogens is 172 g/mol. The van der Waals surface area contributed by atoms with Crippen molar-refractivity contribution in [2.45, 2.75) is 26.9 Å². The van der Waals surface area contributed by atoms with Crippen LogP contribution in [0.2, 0.25) is 6.55 Å². The van der Waals surface area contributed by atoms with E-state index in [9.17, 15) is 0 Å². The van der Waals surface area contributed by atoms with Crippen LogP contribution in [0.4, 0.5) is 0 Å². The van der Waals surface area contributed by atoms with Crippen LogP contribution in [0, 0.1) is 0 Å². The zero-order valence-electron chi connectivity index (χ0n) is 7.25. The summed E-state index contributed by atoms with van der Waals surface area (Å²) in [5.41, 5.74) is 10.7. The second-order valence-corrected chi connectivity index (χ2v) is 4.34. The van der Waals surface area contributed by atoms with Gasteiger partial charge in [0.15, 0.2) is 0 Å². The Morgan fingerprint density at radius 1 is 1.42 bits per heavy atom. The van der Waals surface area contributed by atoms with Crippen molar-refractivity contribution in [3.05, 3.63) is 0 Å². The van der Waals surface area contributed by atoms with Crippen LogP contribution < -0.4 is 11.5 Å². The predicted molar refractivity (Wildman–Crippen MR) is 54.4 cm³/mol. The van der Waals surface area contributed by atoms with Crippen LogP contribution in [0.5, 0.6) is 0 Å². The average molecular weight is 194 g/mol. The molecule has 0 aromatic carbocycles. The lowest BCUT2D eigenvalue weighted by atomic mass is 10.4. The minimum Gasteiger partial charge on any atom is -0.395 e. The van der Waals surface area contributed by atoms with Gasteiger partial charge in [-0.15, -0.1) is 0 Å². The van der Waals surface area contributed by atoms with Gasteiger partial charge in [-0.1, -0.05) is 7.43 Å². The molecular formula is C7H22N2O2Si. The second-order valence-electron chi connectivity index (χ2n) is 2.54. The van der Waals surface area contributed by atoms with E-state index in [0.717, 1.165) is 0 Å². The van der Waals surface area contributed by atoms with Gasteiger partial charge in [0, 0.05) is 19.2 Å². The Kier molecular flexibility index (Phi) is 11.1. The normalized spacial score (nSPS) is 15.0. The van der Waals surface area contributed by atoms with Crippen molar-refractivity contribution < 1.29 is 8.85 Å². The van der Waals surface area contributed by atoms with Crippen molar-refractivity contribution >= 4 is 9.28 Å². The summed E-state index contributed by atoms with van der Waals surface area (Å²) >= 11 is 0. The molecule has 12 heavy (non-hydrogen) atoms. The first-order chi connectivity index (χ1) is 5.16. The van der Waals surface area contributed by atoms with Gasteiger partial charge in [-0.3, -0.25) is 0 Å². The summed E-state index contributed by atoms with van der Waals surface area (Å²) < 4.78 is 10.6. The van der Waals surface area contributed by atoms with Gasteiger partial charge in [0.05, 0.1) is 6.61 Å². The van der Waals surface area contributed by atoms with Crippen LogP contribution in [0.3, 0.4) is 0 Å². The zero-order valence-corrected chi connectivity index (χ0v) is 8.40. The van der Waals surface area contributed by atoms with Crippen LogP contribution in [0.25, 0.3) is 0 Å². The molecule has 0 spiro atoms. The summed E-state index contributed by atoms with van der Waals surface area (Å²) in [5.74, 6) is 0. The van der Waals surface area contributed by atoms with Crippen LogP contribution in [0.15, 0.2) is 0 Å². The quantitative estimate of drug-likeness (QED) is 0.575. The molecule has 0 radical (unpaired) electrons. The van der Waals surface area contributed by atoms with E-state index in [2.05, 4.69) is 0 Å². The maximum absolute atomic E-state index is 5.49. The third kappa shape index (κ3) is 10.1. The van der Waals surface area contributed by atoms with E-state index in [1.54, 1.807) is 0 Å². The van der Waals surface area contributed by atoms with Crippen molar-refractivity contribution in [3.63, 3.8) is 0 Å². The molecule has 0 saturated carbocycles. The molecule has 0 aliphatic rings. The molecule has 0 aromatic heterocycles. The third-order valence-corrected chi connectivity index (χ3v) is 2.43. The van der Waals surface area contributed by atoms with Crippen molar-refractivity contribution in [1.82, 2.24) is 0 Å². The summed E-state index contributed by atoms with van der Waals surface area (Å²) in [5, 5.41) is 0. The Morgan fingerprint density at radius 2 is 2.00 bits per heavy atom. The van der Waals surface area contributed by atoms with Gasteiger partial charge >= 0.3 is 9.28 Å². The number of nitrogens with two attached hydrogens (primary N) is 2. The van der Waals surface area contributed by atoms with E-state index in [1.165, 1.54) is 0 Å². The third-order valence-electron chi connectivity index (χ3n) is 1.06. The topological polar surface area (TPSA) is 70.5 Å². The van der Waals surface area contributed by atoms with E-state index < -0.39 is 9.28 Å². The first kappa shape index (κ1) is 14.6. The summed E-state index contributed by atoms with van der Waals surface area (Å²) in [6, 6.07) is 0.0893. The van der Waals surface area contributed by atoms with E-state index in [-0.39, 0.29) is 13.5 Å². The lowest BCUT2D eigenvalue weighted by Gasteiger charge is -2.13. The van der Waals surface area contributed by atoms with Crippen LogP contribution in [-0.4, -0.2) is 35.1 Å². The molecule has 0 fully saturated rings.